The normalized spacial score (nSPS) is 26.0. The average Bonchev–Trinajstić information content (AvgIpc) is 2.79. The van der Waals surface area contributed by atoms with Gasteiger partial charge in [-0.25, -0.2) is 0 Å². The summed E-state index contributed by atoms with van der Waals surface area (Å²) < 4.78 is 30.7. The van der Waals surface area contributed by atoms with Crippen LogP contribution in [0, 0.1) is 0 Å². The van der Waals surface area contributed by atoms with E-state index < -0.39 is 12.4 Å². The molecule has 6 heteroatoms. The molecule has 0 amide bonds. The molecule has 0 bridgehead atoms. The Kier molecular flexibility index (Phi) is 18.8. The zero-order chi connectivity index (χ0) is 23.4. The van der Waals surface area contributed by atoms with Gasteiger partial charge in [0.15, 0.2) is 6.29 Å². The van der Waals surface area contributed by atoms with E-state index >= 15 is 0 Å². The van der Waals surface area contributed by atoms with Crippen LogP contribution < -0.4 is 0 Å². The predicted octanol–water partition coefficient (Wildman–Crippen LogP) is 5.64. The van der Waals surface area contributed by atoms with Crippen molar-refractivity contribution in [2.24, 2.45) is 0 Å². The topological polar surface area (TPSA) is 66.4 Å². The van der Waals surface area contributed by atoms with E-state index in [1.54, 1.807) is 0 Å². The standard InChI is InChI=1S/C26H52O6/c1-5-9-13-17-28-21-22-23(29-18-14-10-6-2)24(30-19-15-11-7-3)25(26(27)32-22)31-20-16-12-8-4/h22-27H,5-21H2,1-4H3/t22-,23-,24+,25-,26+/m1/s1. The SMILES string of the molecule is CCCCCOC[C@H]1O[C@H](O)[C@H](OCCCCC)[C@@H](OCCCCC)[C@@H]1OCCCCC. The van der Waals surface area contributed by atoms with Crippen molar-refractivity contribution in [2.75, 3.05) is 33.0 Å². The summed E-state index contributed by atoms with van der Waals surface area (Å²) in [7, 11) is 0. The summed E-state index contributed by atoms with van der Waals surface area (Å²) >= 11 is 0. The third-order valence-electron chi connectivity index (χ3n) is 5.96. The van der Waals surface area contributed by atoms with E-state index in [-0.39, 0.29) is 18.3 Å². The summed E-state index contributed by atoms with van der Waals surface area (Å²) in [5, 5.41) is 10.8. The molecule has 1 rings (SSSR count). The molecule has 0 aliphatic carbocycles. The van der Waals surface area contributed by atoms with E-state index in [4.69, 9.17) is 23.7 Å². The molecule has 0 unspecified atom stereocenters. The van der Waals surface area contributed by atoms with Crippen LogP contribution in [0.2, 0.25) is 0 Å². The molecular formula is C26H52O6. The Balaban J connectivity index is 2.83. The van der Waals surface area contributed by atoms with Gasteiger partial charge >= 0.3 is 0 Å². The molecule has 1 saturated heterocycles. The summed E-state index contributed by atoms with van der Waals surface area (Å²) in [6.45, 7) is 11.7. The van der Waals surface area contributed by atoms with Crippen LogP contribution in [0.25, 0.3) is 0 Å². The van der Waals surface area contributed by atoms with Gasteiger partial charge < -0.3 is 28.8 Å². The molecule has 0 saturated carbocycles. The maximum atomic E-state index is 10.8. The van der Waals surface area contributed by atoms with Gasteiger partial charge in [-0.1, -0.05) is 79.1 Å². The van der Waals surface area contributed by atoms with Gasteiger partial charge in [-0.3, -0.25) is 0 Å². The van der Waals surface area contributed by atoms with Gasteiger partial charge in [-0.2, -0.15) is 0 Å². The van der Waals surface area contributed by atoms with Crippen molar-refractivity contribution in [2.45, 2.75) is 135 Å². The molecular weight excluding hydrogens is 408 g/mol. The van der Waals surface area contributed by atoms with Gasteiger partial charge in [-0.05, 0) is 25.7 Å². The van der Waals surface area contributed by atoms with E-state index in [9.17, 15) is 5.11 Å². The summed E-state index contributed by atoms with van der Waals surface area (Å²) in [6, 6.07) is 0. The molecule has 1 heterocycles. The van der Waals surface area contributed by atoms with Crippen LogP contribution in [0.5, 0.6) is 0 Å². The van der Waals surface area contributed by atoms with Crippen LogP contribution in [0.1, 0.15) is 105 Å². The van der Waals surface area contributed by atoms with Gasteiger partial charge in [0.1, 0.15) is 24.4 Å². The summed E-state index contributed by atoms with van der Waals surface area (Å²) in [6.07, 6.45) is 10.5. The quantitative estimate of drug-likeness (QED) is 0.224. The number of unbranched alkanes of at least 4 members (excludes halogenated alkanes) is 8. The Bertz CT molecular complexity index is 408. The molecule has 32 heavy (non-hydrogen) atoms. The fourth-order valence-corrected chi connectivity index (χ4v) is 3.97. The molecule has 0 aromatic heterocycles. The highest BCUT2D eigenvalue weighted by Crippen LogP contribution is 2.28. The number of rotatable bonds is 21. The zero-order valence-corrected chi connectivity index (χ0v) is 21.4. The smallest absolute Gasteiger partial charge is 0.184 e. The van der Waals surface area contributed by atoms with Gasteiger partial charge in [-0.15, -0.1) is 0 Å². The lowest BCUT2D eigenvalue weighted by molar-refractivity contribution is -0.312. The first-order valence-electron chi connectivity index (χ1n) is 13.5. The van der Waals surface area contributed by atoms with Crippen molar-refractivity contribution >= 4 is 0 Å². The first-order chi connectivity index (χ1) is 15.7. The zero-order valence-electron chi connectivity index (χ0n) is 21.4. The molecule has 6 nitrogen and oxygen atoms in total. The third kappa shape index (κ3) is 12.3. The van der Waals surface area contributed by atoms with Crippen molar-refractivity contribution in [1.29, 1.82) is 0 Å². The van der Waals surface area contributed by atoms with E-state index in [0.29, 0.717) is 33.0 Å². The highest BCUT2D eigenvalue weighted by molar-refractivity contribution is 4.92. The number of ether oxygens (including phenoxy) is 5. The fourth-order valence-electron chi connectivity index (χ4n) is 3.97. The van der Waals surface area contributed by atoms with E-state index in [1.807, 2.05) is 0 Å². The Hall–Kier alpha value is -0.240. The summed E-state index contributed by atoms with van der Waals surface area (Å²) in [5.41, 5.74) is 0. The van der Waals surface area contributed by atoms with Gasteiger partial charge in [0.2, 0.25) is 0 Å². The first-order valence-corrected chi connectivity index (χ1v) is 13.5. The lowest BCUT2D eigenvalue weighted by Crippen LogP contribution is -2.61. The van der Waals surface area contributed by atoms with E-state index in [1.165, 1.54) is 0 Å². The number of aliphatic hydroxyl groups excluding tert-OH is 1. The maximum Gasteiger partial charge on any atom is 0.184 e. The monoisotopic (exact) mass is 460 g/mol. The molecule has 1 aliphatic heterocycles. The second kappa shape index (κ2) is 20.2. The molecule has 192 valence electrons. The molecule has 0 aromatic rings. The summed E-state index contributed by atoms with van der Waals surface area (Å²) in [4.78, 5) is 0. The van der Waals surface area contributed by atoms with Crippen LogP contribution >= 0.6 is 0 Å². The van der Waals surface area contributed by atoms with Crippen LogP contribution in [-0.4, -0.2) is 68.8 Å². The van der Waals surface area contributed by atoms with Crippen LogP contribution in [0.4, 0.5) is 0 Å². The van der Waals surface area contributed by atoms with E-state index in [0.717, 1.165) is 77.0 Å². The maximum absolute atomic E-state index is 10.8. The molecule has 0 radical (unpaired) electrons. The number of hydrogen-bond acceptors (Lipinski definition) is 6. The highest BCUT2D eigenvalue weighted by atomic mass is 16.7. The lowest BCUT2D eigenvalue weighted by Gasteiger charge is -2.44. The summed E-state index contributed by atoms with van der Waals surface area (Å²) in [5.74, 6) is 0. The Morgan fingerprint density at radius 3 is 1.50 bits per heavy atom. The minimum atomic E-state index is -1.03. The van der Waals surface area contributed by atoms with E-state index in [2.05, 4.69) is 27.7 Å². The van der Waals surface area contributed by atoms with Crippen molar-refractivity contribution in [3.05, 3.63) is 0 Å². The number of aliphatic hydroxyl groups is 1. The first kappa shape index (κ1) is 29.8. The average molecular weight is 461 g/mol. The number of hydrogen-bond donors (Lipinski definition) is 1. The largest absolute Gasteiger partial charge is 0.379 e. The molecule has 5 atom stereocenters. The Morgan fingerprint density at radius 1 is 0.562 bits per heavy atom. The second-order valence-electron chi connectivity index (χ2n) is 8.97. The Labute approximate surface area is 197 Å². The highest BCUT2D eigenvalue weighted by Gasteiger charge is 2.47. The predicted molar refractivity (Wildman–Crippen MR) is 129 cm³/mol. The lowest BCUT2D eigenvalue weighted by atomic mass is 9.98. The molecule has 1 N–H and O–H groups in total. The van der Waals surface area contributed by atoms with Crippen LogP contribution in [-0.2, 0) is 23.7 Å². The van der Waals surface area contributed by atoms with Crippen molar-refractivity contribution < 1.29 is 28.8 Å². The van der Waals surface area contributed by atoms with Crippen molar-refractivity contribution in [1.82, 2.24) is 0 Å². The minimum Gasteiger partial charge on any atom is -0.379 e. The molecule has 0 aromatic carbocycles. The van der Waals surface area contributed by atoms with Crippen molar-refractivity contribution in [3.63, 3.8) is 0 Å². The third-order valence-corrected chi connectivity index (χ3v) is 5.96. The van der Waals surface area contributed by atoms with Gasteiger partial charge in [0, 0.05) is 26.4 Å². The van der Waals surface area contributed by atoms with Gasteiger partial charge in [0.25, 0.3) is 0 Å². The molecule has 0 spiro atoms. The second-order valence-corrected chi connectivity index (χ2v) is 8.97. The van der Waals surface area contributed by atoms with Crippen LogP contribution in [0.15, 0.2) is 0 Å². The Morgan fingerprint density at radius 2 is 1.00 bits per heavy atom. The fraction of sp³-hybridized carbons (Fsp3) is 1.00. The van der Waals surface area contributed by atoms with Crippen LogP contribution in [0.3, 0.4) is 0 Å². The van der Waals surface area contributed by atoms with Gasteiger partial charge in [0.05, 0.1) is 6.61 Å². The molecule has 1 fully saturated rings. The minimum absolute atomic E-state index is 0.306. The van der Waals surface area contributed by atoms with Crippen molar-refractivity contribution in [3.8, 4) is 0 Å². The molecule has 1 aliphatic rings.